The Kier molecular flexibility index (Phi) is 4.94. The SMILES string of the molecule is O=C(c1nnc(CN[SH](=O)=O)o1)c1nc2ccc(-c3ccc(F)cc3)cc2s1. The van der Waals surface area contributed by atoms with Crippen molar-refractivity contribution in [2.75, 3.05) is 0 Å². The van der Waals surface area contributed by atoms with Crippen LogP contribution in [0, 0.1) is 5.82 Å². The minimum atomic E-state index is -2.81. The van der Waals surface area contributed by atoms with Crippen LogP contribution in [0.25, 0.3) is 21.3 Å². The standard InChI is InChI=1S/C17H11FN4O4S2/c18-11-4-1-9(2-5-11)10-3-6-12-13(7-10)27-17(20-12)15(23)16-22-21-14(26-16)8-19-28(24)25/h1-7,28H,8H2,(H,19,24,25). The van der Waals surface area contributed by atoms with E-state index in [1.807, 2.05) is 12.1 Å². The number of fused-ring (bicyclic) bond motifs is 1. The summed E-state index contributed by atoms with van der Waals surface area (Å²) in [6.45, 7) is -0.195. The van der Waals surface area contributed by atoms with Crippen LogP contribution in [0.3, 0.4) is 0 Å². The van der Waals surface area contributed by atoms with Gasteiger partial charge in [-0.3, -0.25) is 4.79 Å². The number of benzene rings is 2. The van der Waals surface area contributed by atoms with Crippen LogP contribution in [0.1, 0.15) is 21.6 Å². The van der Waals surface area contributed by atoms with Gasteiger partial charge in [0.2, 0.25) is 16.8 Å². The van der Waals surface area contributed by atoms with Crippen molar-refractivity contribution in [1.29, 1.82) is 0 Å². The quantitative estimate of drug-likeness (QED) is 0.365. The van der Waals surface area contributed by atoms with E-state index in [1.165, 1.54) is 12.1 Å². The summed E-state index contributed by atoms with van der Waals surface area (Å²) in [4.78, 5) is 16.8. The number of halogens is 1. The lowest BCUT2D eigenvalue weighted by molar-refractivity contribution is 0.100. The van der Waals surface area contributed by atoms with Crippen LogP contribution >= 0.6 is 11.3 Å². The zero-order chi connectivity index (χ0) is 19.7. The Balaban J connectivity index is 1.60. The number of rotatable bonds is 6. The fourth-order valence-corrected chi connectivity index (χ4v) is 3.68. The van der Waals surface area contributed by atoms with E-state index in [-0.39, 0.29) is 29.2 Å². The molecule has 0 aliphatic heterocycles. The van der Waals surface area contributed by atoms with Crippen LogP contribution in [-0.2, 0) is 17.4 Å². The van der Waals surface area contributed by atoms with Gasteiger partial charge in [0.15, 0.2) is 5.01 Å². The van der Waals surface area contributed by atoms with Crippen LogP contribution in [0.5, 0.6) is 0 Å². The largest absolute Gasteiger partial charge is 0.417 e. The molecule has 11 heteroatoms. The average Bonchev–Trinajstić information content (AvgIpc) is 3.33. The minimum Gasteiger partial charge on any atom is -0.417 e. The van der Waals surface area contributed by atoms with Crippen LogP contribution in [0.15, 0.2) is 46.9 Å². The molecular weight excluding hydrogens is 407 g/mol. The normalized spacial score (nSPS) is 11.4. The van der Waals surface area contributed by atoms with Gasteiger partial charge in [0, 0.05) is 0 Å². The third-order valence-electron chi connectivity index (χ3n) is 3.78. The first-order valence-electron chi connectivity index (χ1n) is 7.91. The maximum Gasteiger partial charge on any atom is 0.291 e. The second-order valence-electron chi connectivity index (χ2n) is 5.63. The Morgan fingerprint density at radius 3 is 2.61 bits per heavy atom. The van der Waals surface area contributed by atoms with Gasteiger partial charge < -0.3 is 4.42 Å². The van der Waals surface area contributed by atoms with E-state index < -0.39 is 16.7 Å². The Morgan fingerprint density at radius 2 is 1.86 bits per heavy atom. The molecule has 0 fully saturated rings. The summed E-state index contributed by atoms with van der Waals surface area (Å²) in [5.41, 5.74) is 2.34. The molecule has 0 atom stereocenters. The molecule has 8 nitrogen and oxygen atoms in total. The first kappa shape index (κ1) is 18.3. The third-order valence-corrected chi connectivity index (χ3v) is 5.21. The molecule has 2 aromatic carbocycles. The zero-order valence-electron chi connectivity index (χ0n) is 14.0. The number of carbonyl (C=O) groups is 1. The van der Waals surface area contributed by atoms with E-state index >= 15 is 0 Å². The smallest absolute Gasteiger partial charge is 0.291 e. The second kappa shape index (κ2) is 7.54. The van der Waals surface area contributed by atoms with Gasteiger partial charge in [0.1, 0.15) is 5.82 Å². The van der Waals surface area contributed by atoms with Crippen molar-refractivity contribution in [2.24, 2.45) is 0 Å². The van der Waals surface area contributed by atoms with Gasteiger partial charge >= 0.3 is 0 Å². The number of thiol groups is 1. The lowest BCUT2D eigenvalue weighted by atomic mass is 10.1. The van der Waals surface area contributed by atoms with Crippen LogP contribution < -0.4 is 4.72 Å². The van der Waals surface area contributed by atoms with Gasteiger partial charge in [0.25, 0.3) is 11.7 Å². The molecule has 0 unspecified atom stereocenters. The van der Waals surface area contributed by atoms with Gasteiger partial charge in [-0.15, -0.1) is 21.5 Å². The first-order valence-corrected chi connectivity index (χ1v) is 9.90. The van der Waals surface area contributed by atoms with E-state index in [0.717, 1.165) is 27.2 Å². The van der Waals surface area contributed by atoms with Crippen LogP contribution in [-0.4, -0.2) is 29.4 Å². The highest BCUT2D eigenvalue weighted by Gasteiger charge is 2.21. The highest BCUT2D eigenvalue weighted by molar-refractivity contribution is 7.70. The lowest BCUT2D eigenvalue weighted by Crippen LogP contribution is -2.10. The molecule has 4 rings (SSSR count). The third kappa shape index (κ3) is 3.81. The van der Waals surface area contributed by atoms with Crippen molar-refractivity contribution in [3.63, 3.8) is 0 Å². The van der Waals surface area contributed by atoms with E-state index in [9.17, 15) is 17.6 Å². The summed E-state index contributed by atoms with van der Waals surface area (Å²) < 4.78 is 42.2. The van der Waals surface area contributed by atoms with Gasteiger partial charge in [0.05, 0.1) is 16.8 Å². The van der Waals surface area contributed by atoms with Crippen molar-refractivity contribution < 1.29 is 22.0 Å². The molecule has 0 saturated carbocycles. The minimum absolute atomic E-state index is 0.0257. The summed E-state index contributed by atoms with van der Waals surface area (Å²) in [5.74, 6) is -1.15. The molecular formula is C17H11FN4O4S2. The zero-order valence-corrected chi connectivity index (χ0v) is 15.7. The highest BCUT2D eigenvalue weighted by Crippen LogP contribution is 2.29. The monoisotopic (exact) mass is 418 g/mol. The van der Waals surface area contributed by atoms with Gasteiger partial charge in [-0.25, -0.2) is 22.5 Å². The maximum atomic E-state index is 13.1. The molecule has 2 aromatic heterocycles. The van der Waals surface area contributed by atoms with Crippen molar-refractivity contribution >= 4 is 38.2 Å². The van der Waals surface area contributed by atoms with Crippen molar-refractivity contribution in [1.82, 2.24) is 19.9 Å². The summed E-state index contributed by atoms with van der Waals surface area (Å²) in [5, 5.41) is 7.44. The number of ketones is 1. The van der Waals surface area contributed by atoms with E-state index in [2.05, 4.69) is 19.9 Å². The van der Waals surface area contributed by atoms with Gasteiger partial charge in [-0.1, -0.05) is 18.2 Å². The highest BCUT2D eigenvalue weighted by atomic mass is 32.2. The first-order chi connectivity index (χ1) is 13.5. The molecule has 2 heterocycles. The number of nitrogens with zero attached hydrogens (tertiary/aromatic N) is 3. The Bertz CT molecular complexity index is 1240. The van der Waals surface area contributed by atoms with Crippen molar-refractivity contribution in [3.8, 4) is 11.1 Å². The number of nitrogens with one attached hydrogen (secondary N) is 1. The van der Waals surface area contributed by atoms with Crippen molar-refractivity contribution in [2.45, 2.75) is 6.54 Å². The second-order valence-corrected chi connectivity index (χ2v) is 7.49. The molecule has 0 aliphatic carbocycles. The van der Waals surface area contributed by atoms with Crippen LogP contribution in [0.2, 0.25) is 0 Å². The molecule has 0 saturated heterocycles. The summed E-state index contributed by atoms with van der Waals surface area (Å²) in [7, 11) is -2.81. The topological polar surface area (TPSA) is 115 Å². The molecule has 0 spiro atoms. The Hall–Kier alpha value is -3.02. The number of hydrogen-bond acceptors (Lipinski definition) is 8. The molecule has 1 N–H and O–H groups in total. The summed E-state index contributed by atoms with van der Waals surface area (Å²) in [6, 6.07) is 11.6. The Labute approximate surface area is 163 Å². The maximum absolute atomic E-state index is 13.1. The molecule has 28 heavy (non-hydrogen) atoms. The van der Waals surface area contributed by atoms with E-state index in [0.29, 0.717) is 5.52 Å². The fourth-order valence-electron chi connectivity index (χ4n) is 2.48. The summed E-state index contributed by atoms with van der Waals surface area (Å²) in [6.07, 6.45) is 0. The van der Waals surface area contributed by atoms with Crippen molar-refractivity contribution in [3.05, 3.63) is 65.1 Å². The summed E-state index contributed by atoms with van der Waals surface area (Å²) >= 11 is 1.16. The fraction of sp³-hybridized carbons (Fsp3) is 0.0588. The predicted molar refractivity (Wildman–Crippen MR) is 99.9 cm³/mol. The molecule has 142 valence electrons. The van der Waals surface area contributed by atoms with E-state index in [4.69, 9.17) is 4.42 Å². The van der Waals surface area contributed by atoms with Crippen LogP contribution in [0.4, 0.5) is 4.39 Å². The molecule has 4 aromatic rings. The van der Waals surface area contributed by atoms with E-state index in [1.54, 1.807) is 18.2 Å². The van der Waals surface area contributed by atoms with Gasteiger partial charge in [-0.05, 0) is 35.4 Å². The molecule has 0 radical (unpaired) electrons. The molecule has 0 aliphatic rings. The number of carbonyl (C=O) groups excluding carboxylic acids is 1. The van der Waals surface area contributed by atoms with Gasteiger partial charge in [-0.2, -0.15) is 0 Å². The average molecular weight is 418 g/mol. The number of hydrogen-bond donors (Lipinski definition) is 2. The predicted octanol–water partition coefficient (Wildman–Crippen LogP) is 2.33. The molecule has 0 amide bonds. The Morgan fingerprint density at radius 1 is 1.11 bits per heavy atom. The lowest BCUT2D eigenvalue weighted by Gasteiger charge is -2.01. The molecule has 0 bridgehead atoms. The number of aromatic nitrogens is 3. The number of thiazole rings is 1.